The molecule has 146 valence electrons. The Hall–Kier alpha value is -2.66. The maximum absolute atomic E-state index is 12.7. The molecule has 0 atom stereocenters. The van der Waals surface area contributed by atoms with Gasteiger partial charge in [-0.15, -0.1) is 0 Å². The van der Waals surface area contributed by atoms with Crippen LogP contribution >= 0.6 is 0 Å². The average molecular weight is 403 g/mol. The van der Waals surface area contributed by atoms with Gasteiger partial charge in [0.05, 0.1) is 10.5 Å². The molecule has 0 aliphatic rings. The van der Waals surface area contributed by atoms with Crippen molar-refractivity contribution in [3.8, 4) is 0 Å². The molecule has 0 aliphatic heterocycles. The summed E-state index contributed by atoms with van der Waals surface area (Å²) in [6, 6.07) is 4.91. The number of hydrogen-bond acceptors (Lipinski definition) is 4. The lowest BCUT2D eigenvalue weighted by Crippen LogP contribution is -2.30. The molecule has 2 aromatic rings. The fourth-order valence-corrected chi connectivity index (χ4v) is 3.35. The van der Waals surface area contributed by atoms with Crippen LogP contribution in [-0.2, 0) is 16.2 Å². The van der Waals surface area contributed by atoms with Gasteiger partial charge in [0.15, 0.2) is 0 Å². The quantitative estimate of drug-likeness (QED) is 0.712. The maximum Gasteiger partial charge on any atom is 0.417 e. The third-order valence-corrected chi connectivity index (χ3v) is 4.97. The van der Waals surface area contributed by atoms with Gasteiger partial charge in [-0.2, -0.15) is 13.2 Å². The minimum absolute atomic E-state index is 0.0321. The molecule has 27 heavy (non-hydrogen) atoms. The number of aromatic amines is 1. The highest BCUT2D eigenvalue weighted by Gasteiger charge is 2.31. The highest BCUT2D eigenvalue weighted by molar-refractivity contribution is 7.89. The molecular weight excluding hydrogens is 387 g/mol. The largest absolute Gasteiger partial charge is 0.417 e. The van der Waals surface area contributed by atoms with Crippen molar-refractivity contribution < 1.29 is 26.4 Å². The van der Waals surface area contributed by atoms with Crippen molar-refractivity contribution in [3.05, 3.63) is 58.0 Å². The van der Waals surface area contributed by atoms with E-state index in [4.69, 9.17) is 0 Å². The van der Waals surface area contributed by atoms with E-state index in [1.807, 2.05) is 4.98 Å². The first kappa shape index (κ1) is 20.6. The molecule has 11 heteroatoms. The molecule has 1 aromatic carbocycles. The second-order valence-electron chi connectivity index (χ2n) is 5.88. The summed E-state index contributed by atoms with van der Waals surface area (Å²) < 4.78 is 64.6. The van der Waals surface area contributed by atoms with E-state index < -0.39 is 38.9 Å². The van der Waals surface area contributed by atoms with E-state index in [-0.39, 0.29) is 16.5 Å². The van der Waals surface area contributed by atoms with Crippen LogP contribution in [0.5, 0.6) is 0 Å². The number of carbonyl (C=O) groups excluding carboxylic acids is 1. The number of hydrogen-bond donors (Lipinski definition) is 3. The highest BCUT2D eigenvalue weighted by atomic mass is 32.2. The molecule has 1 heterocycles. The van der Waals surface area contributed by atoms with Crippen LogP contribution in [-0.4, -0.2) is 25.4 Å². The first-order valence-corrected chi connectivity index (χ1v) is 9.12. The molecule has 0 unspecified atom stereocenters. The average Bonchev–Trinajstić information content (AvgIpc) is 2.54. The third kappa shape index (κ3) is 5.17. The van der Waals surface area contributed by atoms with Crippen LogP contribution in [0.3, 0.4) is 0 Å². The minimum atomic E-state index is -4.69. The first-order valence-electron chi connectivity index (χ1n) is 7.64. The standard InChI is InChI=1S/C16H16F3N3O4S/c1-9(2)22-27(25,26)12-5-3-10(4-6-12)14(23)21-13-7-11(16(17,18)19)8-20-15(13)24/h3-9,22H,1-2H3,(H,20,24)(H,21,23). The van der Waals surface area contributed by atoms with Gasteiger partial charge < -0.3 is 10.3 Å². The summed E-state index contributed by atoms with van der Waals surface area (Å²) >= 11 is 0. The van der Waals surface area contributed by atoms with Crippen LogP contribution in [0.25, 0.3) is 0 Å². The summed E-state index contributed by atoms with van der Waals surface area (Å²) in [6.07, 6.45) is -4.19. The number of halogens is 3. The predicted molar refractivity (Wildman–Crippen MR) is 91.9 cm³/mol. The molecule has 0 saturated heterocycles. The fourth-order valence-electron chi connectivity index (χ4n) is 2.10. The van der Waals surface area contributed by atoms with Crippen LogP contribution < -0.4 is 15.6 Å². The Morgan fingerprint density at radius 2 is 1.74 bits per heavy atom. The topological polar surface area (TPSA) is 108 Å². The van der Waals surface area contributed by atoms with Gasteiger partial charge in [-0.05, 0) is 44.2 Å². The van der Waals surface area contributed by atoms with Gasteiger partial charge in [-0.1, -0.05) is 0 Å². The number of anilines is 1. The lowest BCUT2D eigenvalue weighted by molar-refractivity contribution is -0.137. The zero-order valence-electron chi connectivity index (χ0n) is 14.2. The van der Waals surface area contributed by atoms with E-state index >= 15 is 0 Å². The number of pyridine rings is 1. The molecule has 3 N–H and O–H groups in total. The smallest absolute Gasteiger partial charge is 0.327 e. The number of nitrogens with one attached hydrogen (secondary N) is 3. The number of benzene rings is 1. The Bertz CT molecular complexity index is 997. The van der Waals surface area contributed by atoms with Gasteiger partial charge in [0.2, 0.25) is 10.0 Å². The Morgan fingerprint density at radius 3 is 2.26 bits per heavy atom. The van der Waals surface area contributed by atoms with Crippen LogP contribution in [0.2, 0.25) is 0 Å². The molecule has 0 spiro atoms. The predicted octanol–water partition coefficient (Wildman–Crippen LogP) is 2.33. The highest BCUT2D eigenvalue weighted by Crippen LogP contribution is 2.29. The van der Waals surface area contributed by atoms with E-state index in [0.717, 1.165) is 0 Å². The number of H-pyrrole nitrogens is 1. The van der Waals surface area contributed by atoms with Gasteiger partial charge in [-0.3, -0.25) is 9.59 Å². The summed E-state index contributed by atoms with van der Waals surface area (Å²) in [7, 11) is -3.75. The zero-order chi connectivity index (χ0) is 20.4. The molecule has 1 aromatic heterocycles. The zero-order valence-corrected chi connectivity index (χ0v) is 15.0. The summed E-state index contributed by atoms with van der Waals surface area (Å²) in [5.41, 5.74) is -2.64. The Morgan fingerprint density at radius 1 is 1.15 bits per heavy atom. The van der Waals surface area contributed by atoms with E-state index in [9.17, 15) is 31.2 Å². The van der Waals surface area contributed by atoms with Gasteiger partial charge in [0.25, 0.3) is 11.5 Å². The Kier molecular flexibility index (Phi) is 5.76. The van der Waals surface area contributed by atoms with Crippen molar-refractivity contribution in [3.63, 3.8) is 0 Å². The molecule has 0 saturated carbocycles. The SMILES string of the molecule is CC(C)NS(=O)(=O)c1ccc(C(=O)Nc2cc(C(F)(F)F)c[nH]c2=O)cc1. The van der Waals surface area contributed by atoms with Crippen molar-refractivity contribution in [2.24, 2.45) is 0 Å². The monoisotopic (exact) mass is 403 g/mol. The number of aromatic nitrogens is 1. The summed E-state index contributed by atoms with van der Waals surface area (Å²) in [5.74, 6) is -0.861. The lowest BCUT2D eigenvalue weighted by Gasteiger charge is -2.11. The Balaban J connectivity index is 2.24. The second-order valence-corrected chi connectivity index (χ2v) is 7.60. The van der Waals surface area contributed by atoms with E-state index in [0.29, 0.717) is 12.3 Å². The van der Waals surface area contributed by atoms with E-state index in [2.05, 4.69) is 10.0 Å². The maximum atomic E-state index is 12.7. The minimum Gasteiger partial charge on any atom is -0.327 e. The number of sulfonamides is 1. The van der Waals surface area contributed by atoms with Crippen molar-refractivity contribution in [2.45, 2.75) is 31.0 Å². The number of rotatable bonds is 5. The van der Waals surface area contributed by atoms with E-state index in [1.165, 1.54) is 24.3 Å². The first-order chi connectivity index (χ1) is 12.4. The van der Waals surface area contributed by atoms with Crippen LogP contribution in [0.4, 0.5) is 18.9 Å². The second kappa shape index (κ2) is 7.53. The van der Waals surface area contributed by atoms with Crippen molar-refractivity contribution in [2.75, 3.05) is 5.32 Å². The molecule has 0 fully saturated rings. The fraction of sp³-hybridized carbons (Fsp3) is 0.250. The van der Waals surface area contributed by atoms with Crippen LogP contribution in [0.1, 0.15) is 29.8 Å². The number of amides is 1. The van der Waals surface area contributed by atoms with Crippen molar-refractivity contribution in [1.82, 2.24) is 9.71 Å². The van der Waals surface area contributed by atoms with Crippen LogP contribution in [0.15, 0.2) is 46.2 Å². The molecule has 7 nitrogen and oxygen atoms in total. The van der Waals surface area contributed by atoms with Crippen LogP contribution in [0, 0.1) is 0 Å². The van der Waals surface area contributed by atoms with Crippen molar-refractivity contribution in [1.29, 1.82) is 0 Å². The third-order valence-electron chi connectivity index (χ3n) is 3.30. The molecule has 0 bridgehead atoms. The molecule has 0 radical (unpaired) electrons. The van der Waals surface area contributed by atoms with E-state index in [1.54, 1.807) is 13.8 Å². The summed E-state index contributed by atoms with van der Waals surface area (Å²) in [5, 5.41) is 2.08. The molecular formula is C16H16F3N3O4S. The van der Waals surface area contributed by atoms with Gasteiger partial charge in [0.1, 0.15) is 5.69 Å². The summed E-state index contributed by atoms with van der Waals surface area (Å²) in [4.78, 5) is 25.6. The number of carbonyl (C=O) groups is 1. The summed E-state index contributed by atoms with van der Waals surface area (Å²) in [6.45, 7) is 3.29. The molecule has 0 aliphatic carbocycles. The van der Waals surface area contributed by atoms with Crippen molar-refractivity contribution >= 4 is 21.6 Å². The Labute approximate surface area is 152 Å². The van der Waals surface area contributed by atoms with Gasteiger partial charge >= 0.3 is 6.18 Å². The van der Waals surface area contributed by atoms with Gasteiger partial charge in [-0.25, -0.2) is 13.1 Å². The lowest BCUT2D eigenvalue weighted by atomic mass is 10.2. The van der Waals surface area contributed by atoms with Gasteiger partial charge in [0, 0.05) is 17.8 Å². The normalized spacial score (nSPS) is 12.2. The molecule has 1 amide bonds. The number of alkyl halides is 3. The molecule has 2 rings (SSSR count).